The molecule has 0 unspecified atom stereocenters. The molecule has 0 aliphatic heterocycles. The van der Waals surface area contributed by atoms with E-state index in [1.54, 1.807) is 29.8 Å². The molecule has 4 aromatic rings. The van der Waals surface area contributed by atoms with Gasteiger partial charge in [-0.15, -0.1) is 21.5 Å². The smallest absolute Gasteiger partial charge is 0.336 e. The maximum Gasteiger partial charge on any atom is 0.336 e. The summed E-state index contributed by atoms with van der Waals surface area (Å²) in [6.45, 7) is 2.23. The van der Waals surface area contributed by atoms with E-state index in [2.05, 4.69) is 27.0 Å². The number of nitrogens with one attached hydrogen (secondary N) is 1. The molecule has 0 atom stereocenters. The van der Waals surface area contributed by atoms with Gasteiger partial charge in [0.1, 0.15) is 11.9 Å². The number of hydrogen-bond donors (Lipinski definition) is 1. The van der Waals surface area contributed by atoms with Crippen molar-refractivity contribution < 1.29 is 9.21 Å². The number of hydrogen-bond acceptors (Lipinski definition) is 7. The van der Waals surface area contributed by atoms with Crippen LogP contribution in [0, 0.1) is 0 Å². The lowest BCUT2D eigenvalue weighted by atomic mass is 10.1. The molecule has 0 saturated carbocycles. The normalized spacial score (nSPS) is 11.1. The monoisotopic (exact) mass is 426 g/mol. The van der Waals surface area contributed by atoms with Crippen LogP contribution in [-0.2, 0) is 23.5 Å². The van der Waals surface area contributed by atoms with Crippen molar-refractivity contribution in [3.05, 3.63) is 69.0 Å². The summed E-state index contributed by atoms with van der Waals surface area (Å²) < 4.78 is 7.34. The van der Waals surface area contributed by atoms with E-state index in [0.29, 0.717) is 17.0 Å². The molecule has 1 amide bonds. The maximum absolute atomic E-state index is 12.0. The van der Waals surface area contributed by atoms with Crippen molar-refractivity contribution in [3.63, 3.8) is 0 Å². The van der Waals surface area contributed by atoms with Crippen LogP contribution >= 0.6 is 23.1 Å². The van der Waals surface area contributed by atoms with Gasteiger partial charge in [0.25, 0.3) is 0 Å². The Balaban J connectivity index is 1.52. The van der Waals surface area contributed by atoms with E-state index >= 15 is 0 Å². The summed E-state index contributed by atoms with van der Waals surface area (Å²) in [5.41, 5.74) is 1.46. The summed E-state index contributed by atoms with van der Waals surface area (Å²) in [6.07, 6.45) is 2.65. The van der Waals surface area contributed by atoms with E-state index < -0.39 is 5.63 Å². The van der Waals surface area contributed by atoms with Crippen molar-refractivity contribution in [1.82, 2.24) is 14.8 Å². The number of benzene rings is 1. The molecule has 29 heavy (non-hydrogen) atoms. The zero-order valence-corrected chi connectivity index (χ0v) is 17.3. The Morgan fingerprint density at radius 3 is 3.00 bits per heavy atom. The third kappa shape index (κ3) is 4.75. The quantitative estimate of drug-likeness (QED) is 0.356. The summed E-state index contributed by atoms with van der Waals surface area (Å²) in [5.74, 6) is 0.375. The molecule has 0 aliphatic carbocycles. The highest BCUT2D eigenvalue weighted by Gasteiger charge is 2.11. The molecule has 0 radical (unpaired) electrons. The summed E-state index contributed by atoms with van der Waals surface area (Å²) in [6, 6.07) is 11.0. The second-order valence-corrected chi connectivity index (χ2v) is 8.38. The summed E-state index contributed by atoms with van der Waals surface area (Å²) >= 11 is 3.26. The number of aromatic nitrogens is 3. The SMILES string of the molecule is CC(=O)Nc1ccc2c(CSc3nncn3CCc3cccs3)cc(=O)oc2c1. The first-order chi connectivity index (χ1) is 14.1. The first kappa shape index (κ1) is 19.4. The van der Waals surface area contributed by atoms with E-state index in [1.165, 1.54) is 29.6 Å². The highest BCUT2D eigenvalue weighted by molar-refractivity contribution is 7.98. The van der Waals surface area contributed by atoms with Crippen LogP contribution < -0.4 is 10.9 Å². The van der Waals surface area contributed by atoms with Gasteiger partial charge in [0, 0.05) is 47.3 Å². The number of nitrogens with zero attached hydrogens (tertiary/aromatic N) is 3. The first-order valence-electron chi connectivity index (χ1n) is 8.96. The Morgan fingerprint density at radius 1 is 1.31 bits per heavy atom. The Hall–Kier alpha value is -2.91. The molecule has 1 N–H and O–H groups in total. The standard InChI is InChI=1S/C20H18N4O3S2/c1-13(25)22-15-4-5-17-14(9-19(26)27-18(17)10-15)11-29-20-23-21-12-24(20)7-6-16-3-2-8-28-16/h2-5,8-10,12H,6-7,11H2,1H3,(H,22,25). The highest BCUT2D eigenvalue weighted by Crippen LogP contribution is 2.27. The Morgan fingerprint density at radius 2 is 2.21 bits per heavy atom. The second-order valence-electron chi connectivity index (χ2n) is 6.41. The predicted octanol–water partition coefficient (Wildman–Crippen LogP) is 3.94. The number of thioether (sulfide) groups is 1. The van der Waals surface area contributed by atoms with Crippen LogP contribution in [0.3, 0.4) is 0 Å². The Labute approximate surface area is 174 Å². The van der Waals surface area contributed by atoms with Crippen LogP contribution in [0.25, 0.3) is 11.0 Å². The van der Waals surface area contributed by atoms with E-state index in [0.717, 1.165) is 29.1 Å². The summed E-state index contributed by atoms with van der Waals surface area (Å²) in [4.78, 5) is 24.6. The fraction of sp³-hybridized carbons (Fsp3) is 0.200. The molecular weight excluding hydrogens is 408 g/mol. The van der Waals surface area contributed by atoms with E-state index in [9.17, 15) is 9.59 Å². The zero-order chi connectivity index (χ0) is 20.2. The zero-order valence-electron chi connectivity index (χ0n) is 15.6. The van der Waals surface area contributed by atoms with Crippen LogP contribution in [0.5, 0.6) is 0 Å². The van der Waals surface area contributed by atoms with Crippen molar-refractivity contribution in [2.24, 2.45) is 0 Å². The second kappa shape index (κ2) is 8.62. The minimum atomic E-state index is -0.424. The average molecular weight is 427 g/mol. The molecule has 7 nitrogen and oxygen atoms in total. The molecule has 0 spiro atoms. The molecule has 1 aromatic carbocycles. The number of aryl methyl sites for hydroxylation is 2. The molecule has 4 rings (SSSR count). The summed E-state index contributed by atoms with van der Waals surface area (Å²) in [7, 11) is 0. The number of rotatable bonds is 7. The Bertz CT molecular complexity index is 1200. The van der Waals surface area contributed by atoms with Crippen molar-refractivity contribution in [3.8, 4) is 0 Å². The van der Waals surface area contributed by atoms with E-state index in [1.807, 2.05) is 16.7 Å². The molecule has 0 bridgehead atoms. The lowest BCUT2D eigenvalue weighted by Crippen LogP contribution is -2.06. The largest absolute Gasteiger partial charge is 0.423 e. The highest BCUT2D eigenvalue weighted by atomic mass is 32.2. The fourth-order valence-electron chi connectivity index (χ4n) is 2.97. The van der Waals surface area contributed by atoms with Gasteiger partial charge in [0.15, 0.2) is 5.16 Å². The molecule has 148 valence electrons. The fourth-order valence-corrected chi connectivity index (χ4v) is 4.60. The minimum Gasteiger partial charge on any atom is -0.423 e. The van der Waals surface area contributed by atoms with Crippen LogP contribution in [0.1, 0.15) is 17.4 Å². The summed E-state index contributed by atoms with van der Waals surface area (Å²) in [5, 5.41) is 14.6. The number of carbonyl (C=O) groups excluding carboxylic acids is 1. The minimum absolute atomic E-state index is 0.180. The average Bonchev–Trinajstić information content (AvgIpc) is 3.35. The molecule has 0 aliphatic rings. The van der Waals surface area contributed by atoms with Crippen molar-refractivity contribution >= 4 is 45.7 Å². The number of amides is 1. The van der Waals surface area contributed by atoms with Gasteiger partial charge in [-0.1, -0.05) is 17.8 Å². The molecular formula is C20H18N4O3S2. The van der Waals surface area contributed by atoms with Crippen LogP contribution in [0.2, 0.25) is 0 Å². The van der Waals surface area contributed by atoms with Gasteiger partial charge >= 0.3 is 5.63 Å². The van der Waals surface area contributed by atoms with Gasteiger partial charge in [-0.2, -0.15) is 0 Å². The lowest BCUT2D eigenvalue weighted by molar-refractivity contribution is -0.114. The van der Waals surface area contributed by atoms with Gasteiger partial charge < -0.3 is 14.3 Å². The van der Waals surface area contributed by atoms with E-state index in [-0.39, 0.29) is 5.91 Å². The van der Waals surface area contributed by atoms with E-state index in [4.69, 9.17) is 4.42 Å². The topological polar surface area (TPSA) is 90.0 Å². The van der Waals surface area contributed by atoms with Crippen LogP contribution in [-0.4, -0.2) is 20.7 Å². The van der Waals surface area contributed by atoms with Gasteiger partial charge in [-0.25, -0.2) is 4.79 Å². The molecule has 9 heteroatoms. The number of carbonyl (C=O) groups is 1. The van der Waals surface area contributed by atoms with Gasteiger partial charge in [0.2, 0.25) is 5.91 Å². The predicted molar refractivity (Wildman–Crippen MR) is 114 cm³/mol. The van der Waals surface area contributed by atoms with Crippen LogP contribution in [0.15, 0.2) is 62.5 Å². The van der Waals surface area contributed by atoms with Crippen molar-refractivity contribution in [2.45, 2.75) is 30.8 Å². The lowest BCUT2D eigenvalue weighted by Gasteiger charge is -2.08. The van der Waals surface area contributed by atoms with Crippen molar-refractivity contribution in [1.29, 1.82) is 0 Å². The van der Waals surface area contributed by atoms with Crippen molar-refractivity contribution in [2.75, 3.05) is 5.32 Å². The number of fused-ring (bicyclic) bond motifs is 1. The maximum atomic E-state index is 12.0. The number of anilines is 1. The van der Waals surface area contributed by atoms with Gasteiger partial charge in [0.05, 0.1) is 0 Å². The third-order valence-electron chi connectivity index (χ3n) is 4.27. The first-order valence-corrected chi connectivity index (χ1v) is 10.8. The number of thiophene rings is 1. The van der Waals surface area contributed by atoms with Gasteiger partial charge in [-0.05, 0) is 35.6 Å². The molecule has 0 saturated heterocycles. The molecule has 0 fully saturated rings. The third-order valence-corrected chi connectivity index (χ3v) is 6.23. The van der Waals surface area contributed by atoms with Gasteiger partial charge in [-0.3, -0.25) is 4.79 Å². The Kier molecular flexibility index (Phi) is 5.77. The molecule has 3 aromatic heterocycles. The molecule has 3 heterocycles. The van der Waals surface area contributed by atoms with Crippen LogP contribution in [0.4, 0.5) is 5.69 Å².